The summed E-state index contributed by atoms with van der Waals surface area (Å²) in [4.78, 5) is 10.3. The summed E-state index contributed by atoms with van der Waals surface area (Å²) in [5.74, 6) is -0.426. The van der Waals surface area contributed by atoms with Crippen molar-refractivity contribution in [3.05, 3.63) is 29.3 Å². The molecule has 0 aliphatic rings. The number of halogens is 1. The summed E-state index contributed by atoms with van der Waals surface area (Å²) < 4.78 is 5.28. The van der Waals surface area contributed by atoms with Crippen LogP contribution in [0.1, 0.15) is 6.42 Å². The molecule has 1 aromatic carbocycles. The van der Waals surface area contributed by atoms with Gasteiger partial charge in [-0.25, -0.2) is 0 Å². The highest BCUT2D eigenvalue weighted by molar-refractivity contribution is 6.32. The van der Waals surface area contributed by atoms with Gasteiger partial charge in [-0.2, -0.15) is 0 Å². The first kappa shape index (κ1) is 11.8. The zero-order valence-corrected chi connectivity index (χ0v) is 8.78. The highest BCUT2D eigenvalue weighted by atomic mass is 35.5. The first-order chi connectivity index (χ1) is 7.09. The maximum absolute atomic E-state index is 10.3. The number of nitrogens with two attached hydrogens (primary N) is 1. The molecule has 0 amide bonds. The Morgan fingerprint density at radius 2 is 2.20 bits per heavy atom. The molecule has 0 aliphatic carbocycles. The Morgan fingerprint density at radius 1 is 1.53 bits per heavy atom. The van der Waals surface area contributed by atoms with E-state index in [1.165, 1.54) is 0 Å². The molecule has 0 aromatic heterocycles. The third kappa shape index (κ3) is 4.18. The van der Waals surface area contributed by atoms with Crippen molar-refractivity contribution in [1.29, 1.82) is 0 Å². The van der Waals surface area contributed by atoms with Crippen molar-refractivity contribution in [3.8, 4) is 5.75 Å². The van der Waals surface area contributed by atoms with Gasteiger partial charge in [-0.1, -0.05) is 23.7 Å². The molecule has 15 heavy (non-hydrogen) atoms. The number of carbonyl (C=O) groups is 1. The second-order valence-electron chi connectivity index (χ2n) is 3.10. The Labute approximate surface area is 92.6 Å². The molecular weight excluding hydrogens is 218 g/mol. The van der Waals surface area contributed by atoms with Gasteiger partial charge in [-0.15, -0.1) is 0 Å². The van der Waals surface area contributed by atoms with Crippen LogP contribution in [0.4, 0.5) is 0 Å². The van der Waals surface area contributed by atoms with Crippen molar-refractivity contribution in [3.63, 3.8) is 0 Å². The lowest BCUT2D eigenvalue weighted by Crippen LogP contribution is -2.30. The summed E-state index contributed by atoms with van der Waals surface area (Å²) in [6.07, 6.45) is -0.121. The molecule has 4 nitrogen and oxygen atoms in total. The van der Waals surface area contributed by atoms with E-state index >= 15 is 0 Å². The number of benzene rings is 1. The van der Waals surface area contributed by atoms with Crippen LogP contribution in [0.15, 0.2) is 24.3 Å². The minimum absolute atomic E-state index is 0.121. The van der Waals surface area contributed by atoms with Crippen molar-refractivity contribution < 1.29 is 14.6 Å². The Hall–Kier alpha value is -1.26. The topological polar surface area (TPSA) is 72.5 Å². The molecule has 0 bridgehead atoms. The van der Waals surface area contributed by atoms with Crippen molar-refractivity contribution in [2.45, 2.75) is 12.5 Å². The molecular formula is C10H12ClNO3. The number of aliphatic carboxylic acids is 1. The highest BCUT2D eigenvalue weighted by Gasteiger charge is 2.09. The molecule has 1 atom stereocenters. The van der Waals surface area contributed by atoms with Gasteiger partial charge in [0.1, 0.15) is 12.4 Å². The molecule has 1 unspecified atom stereocenters. The van der Waals surface area contributed by atoms with Gasteiger partial charge >= 0.3 is 5.97 Å². The van der Waals surface area contributed by atoms with E-state index in [2.05, 4.69) is 0 Å². The van der Waals surface area contributed by atoms with E-state index in [-0.39, 0.29) is 13.0 Å². The van der Waals surface area contributed by atoms with Crippen LogP contribution >= 0.6 is 11.6 Å². The normalized spacial score (nSPS) is 12.1. The third-order valence-electron chi connectivity index (χ3n) is 1.73. The number of para-hydroxylation sites is 1. The first-order valence-corrected chi connectivity index (χ1v) is 4.82. The Morgan fingerprint density at radius 3 is 2.80 bits per heavy atom. The smallest absolute Gasteiger partial charge is 0.305 e. The molecule has 82 valence electrons. The van der Waals surface area contributed by atoms with Crippen LogP contribution in [-0.4, -0.2) is 23.7 Å². The zero-order valence-electron chi connectivity index (χ0n) is 8.02. The average Bonchev–Trinajstić information content (AvgIpc) is 2.15. The SMILES string of the molecule is NC(COc1ccccc1Cl)CC(=O)O. The molecule has 0 fully saturated rings. The van der Waals surface area contributed by atoms with Crippen LogP contribution in [0.25, 0.3) is 0 Å². The molecule has 0 aliphatic heterocycles. The van der Waals surface area contributed by atoms with E-state index < -0.39 is 12.0 Å². The predicted octanol–water partition coefficient (Wildman–Crippen LogP) is 1.52. The number of hydrogen-bond donors (Lipinski definition) is 2. The molecule has 1 aromatic rings. The summed E-state index contributed by atoms with van der Waals surface area (Å²) in [5.41, 5.74) is 5.52. The van der Waals surface area contributed by atoms with E-state index in [4.69, 9.17) is 27.2 Å². The maximum atomic E-state index is 10.3. The third-order valence-corrected chi connectivity index (χ3v) is 2.04. The van der Waals surface area contributed by atoms with Crippen LogP contribution in [0.5, 0.6) is 5.75 Å². The number of ether oxygens (including phenoxy) is 1. The van der Waals surface area contributed by atoms with Gasteiger partial charge in [0.05, 0.1) is 11.4 Å². The van der Waals surface area contributed by atoms with Gasteiger partial charge in [0.15, 0.2) is 0 Å². The van der Waals surface area contributed by atoms with E-state index in [1.54, 1.807) is 24.3 Å². The second-order valence-corrected chi connectivity index (χ2v) is 3.51. The summed E-state index contributed by atoms with van der Waals surface area (Å²) in [7, 11) is 0. The molecule has 3 N–H and O–H groups in total. The molecule has 0 heterocycles. The fraction of sp³-hybridized carbons (Fsp3) is 0.300. The monoisotopic (exact) mass is 229 g/mol. The summed E-state index contributed by atoms with van der Waals surface area (Å²) in [6, 6.07) is 6.44. The first-order valence-electron chi connectivity index (χ1n) is 4.44. The summed E-state index contributed by atoms with van der Waals surface area (Å²) in [5, 5.41) is 8.96. The maximum Gasteiger partial charge on any atom is 0.305 e. The van der Waals surface area contributed by atoms with Gasteiger partial charge in [0.25, 0.3) is 0 Å². The summed E-state index contributed by atoms with van der Waals surface area (Å²) >= 11 is 5.83. The standard InChI is InChI=1S/C10H12ClNO3/c11-8-3-1-2-4-9(8)15-6-7(12)5-10(13)14/h1-4,7H,5-6,12H2,(H,13,14). The number of carboxylic acid groups (broad SMARTS) is 1. The quantitative estimate of drug-likeness (QED) is 0.803. The minimum Gasteiger partial charge on any atom is -0.490 e. The number of hydrogen-bond acceptors (Lipinski definition) is 3. The largest absolute Gasteiger partial charge is 0.490 e. The zero-order chi connectivity index (χ0) is 11.3. The van der Waals surface area contributed by atoms with Crippen molar-refractivity contribution in [2.75, 3.05) is 6.61 Å². The van der Waals surface area contributed by atoms with Crippen LogP contribution in [-0.2, 0) is 4.79 Å². The number of rotatable bonds is 5. The van der Waals surface area contributed by atoms with Crippen molar-refractivity contribution in [2.24, 2.45) is 5.73 Å². The molecule has 0 saturated heterocycles. The van der Waals surface area contributed by atoms with Crippen LogP contribution in [0.2, 0.25) is 5.02 Å². The van der Waals surface area contributed by atoms with Gasteiger partial charge in [-0.05, 0) is 12.1 Å². The lowest BCUT2D eigenvalue weighted by Gasteiger charge is -2.11. The lowest BCUT2D eigenvalue weighted by atomic mass is 10.2. The van der Waals surface area contributed by atoms with Crippen LogP contribution in [0, 0.1) is 0 Å². The van der Waals surface area contributed by atoms with Gasteiger partial charge < -0.3 is 15.6 Å². The average molecular weight is 230 g/mol. The minimum atomic E-state index is -0.940. The summed E-state index contributed by atoms with van der Waals surface area (Å²) in [6.45, 7) is 0.135. The van der Waals surface area contributed by atoms with E-state index in [1.807, 2.05) is 0 Å². The van der Waals surface area contributed by atoms with Gasteiger partial charge in [-0.3, -0.25) is 4.79 Å². The lowest BCUT2D eigenvalue weighted by molar-refractivity contribution is -0.137. The van der Waals surface area contributed by atoms with E-state index in [0.29, 0.717) is 10.8 Å². The fourth-order valence-corrected chi connectivity index (χ4v) is 1.23. The van der Waals surface area contributed by atoms with Gasteiger partial charge in [0.2, 0.25) is 0 Å². The molecule has 5 heteroatoms. The van der Waals surface area contributed by atoms with Crippen LogP contribution in [0.3, 0.4) is 0 Å². The van der Waals surface area contributed by atoms with Crippen LogP contribution < -0.4 is 10.5 Å². The number of carboxylic acids is 1. The van der Waals surface area contributed by atoms with E-state index in [0.717, 1.165) is 0 Å². The fourth-order valence-electron chi connectivity index (χ4n) is 1.04. The Kier molecular flexibility index (Phi) is 4.39. The second kappa shape index (κ2) is 5.58. The Bertz CT molecular complexity index is 343. The van der Waals surface area contributed by atoms with Crippen molar-refractivity contribution >= 4 is 17.6 Å². The molecule has 0 spiro atoms. The highest BCUT2D eigenvalue weighted by Crippen LogP contribution is 2.23. The van der Waals surface area contributed by atoms with Gasteiger partial charge in [0, 0.05) is 6.04 Å². The Balaban J connectivity index is 2.43. The predicted molar refractivity (Wildman–Crippen MR) is 57.2 cm³/mol. The van der Waals surface area contributed by atoms with Crippen molar-refractivity contribution in [1.82, 2.24) is 0 Å². The molecule has 1 rings (SSSR count). The molecule has 0 radical (unpaired) electrons. The van der Waals surface area contributed by atoms with E-state index in [9.17, 15) is 4.79 Å². The molecule has 0 saturated carbocycles.